The third-order valence-corrected chi connectivity index (χ3v) is 5.35. The highest BCUT2D eigenvalue weighted by molar-refractivity contribution is 5.85. The molecule has 146 valence electrons. The molecule has 1 aromatic heterocycles. The molecule has 6 heteroatoms. The molecule has 1 heterocycles. The summed E-state index contributed by atoms with van der Waals surface area (Å²) in [5, 5.41) is 3.03. The number of anilines is 2. The van der Waals surface area contributed by atoms with Crippen molar-refractivity contribution in [3.05, 3.63) is 96.7 Å². The fourth-order valence-corrected chi connectivity index (χ4v) is 3.57. The first-order chi connectivity index (χ1) is 13.9. The van der Waals surface area contributed by atoms with E-state index in [2.05, 4.69) is 12.2 Å². The maximum absolute atomic E-state index is 13.2. The van der Waals surface area contributed by atoms with Crippen LogP contribution >= 0.6 is 0 Å². The molecule has 3 aromatic carbocycles. The van der Waals surface area contributed by atoms with Gasteiger partial charge in [-0.05, 0) is 43.2 Å². The van der Waals surface area contributed by atoms with Crippen LogP contribution in [0.25, 0.3) is 16.8 Å². The number of aromatic nitrogens is 2. The van der Waals surface area contributed by atoms with Gasteiger partial charge in [-0.25, -0.2) is 4.68 Å². The largest absolute Gasteiger partial charge is 0.352 e. The molecular formula is C23H21N3O3. The zero-order valence-corrected chi connectivity index (χ0v) is 16.5. The normalized spacial score (nSPS) is 11.1. The van der Waals surface area contributed by atoms with Crippen molar-refractivity contribution < 1.29 is 0 Å². The van der Waals surface area contributed by atoms with E-state index in [0.717, 1.165) is 6.42 Å². The number of nitrogens with one attached hydrogen (secondary N) is 1. The minimum atomic E-state index is -0.635. The van der Waals surface area contributed by atoms with Crippen LogP contribution in [-0.4, -0.2) is 9.36 Å². The molecule has 0 fully saturated rings. The van der Waals surface area contributed by atoms with Crippen molar-refractivity contribution in [2.24, 2.45) is 7.05 Å². The molecule has 0 aliphatic carbocycles. The molecule has 4 rings (SSSR count). The first-order valence-corrected chi connectivity index (χ1v) is 9.47. The lowest BCUT2D eigenvalue weighted by Gasteiger charge is -2.13. The minimum Gasteiger partial charge on any atom is -0.352 e. The Bertz CT molecular complexity index is 1320. The Morgan fingerprint density at radius 2 is 1.52 bits per heavy atom. The summed E-state index contributed by atoms with van der Waals surface area (Å²) in [5.74, 6) is 0. The van der Waals surface area contributed by atoms with Crippen LogP contribution in [0, 0.1) is 6.92 Å². The van der Waals surface area contributed by atoms with E-state index in [1.165, 1.54) is 10.2 Å². The molecule has 4 aromatic rings. The van der Waals surface area contributed by atoms with E-state index in [0.29, 0.717) is 17.1 Å². The Labute approximate surface area is 167 Å². The second kappa shape index (κ2) is 7.05. The van der Waals surface area contributed by atoms with E-state index in [-0.39, 0.29) is 22.4 Å². The van der Waals surface area contributed by atoms with Crippen LogP contribution in [0.4, 0.5) is 11.4 Å². The minimum absolute atomic E-state index is 0.155. The molecule has 0 spiro atoms. The van der Waals surface area contributed by atoms with Gasteiger partial charge < -0.3 is 5.32 Å². The Kier molecular flexibility index (Phi) is 4.54. The van der Waals surface area contributed by atoms with Gasteiger partial charge >= 0.3 is 0 Å². The molecule has 0 saturated heterocycles. The van der Waals surface area contributed by atoms with Crippen LogP contribution in [0.3, 0.4) is 0 Å². The second-order valence-corrected chi connectivity index (χ2v) is 7.02. The van der Waals surface area contributed by atoms with Gasteiger partial charge in [0.05, 0.1) is 16.8 Å². The standard InChI is InChI=1S/C23H21N3O3/c1-4-15-10-12-16(13-11-15)24-20-19(21(27)22(20)28)18-14(2)25(3)26(23(18)29)17-8-6-5-7-9-17/h5-13,24H,4H2,1-3H3. The Morgan fingerprint density at radius 3 is 2.14 bits per heavy atom. The molecular weight excluding hydrogens is 366 g/mol. The van der Waals surface area contributed by atoms with Crippen molar-refractivity contribution in [1.82, 2.24) is 9.36 Å². The van der Waals surface area contributed by atoms with E-state index in [1.807, 2.05) is 54.6 Å². The van der Waals surface area contributed by atoms with E-state index in [4.69, 9.17) is 0 Å². The summed E-state index contributed by atoms with van der Waals surface area (Å²) < 4.78 is 3.20. The molecule has 6 nitrogen and oxygen atoms in total. The first kappa shape index (κ1) is 18.7. The van der Waals surface area contributed by atoms with Gasteiger partial charge in [0, 0.05) is 18.4 Å². The zero-order chi connectivity index (χ0) is 20.7. The first-order valence-electron chi connectivity index (χ1n) is 9.47. The summed E-state index contributed by atoms with van der Waals surface area (Å²) in [5.41, 5.74) is 2.21. The fraction of sp³-hybridized carbons (Fsp3) is 0.174. The number of hydrogen-bond acceptors (Lipinski definition) is 4. The summed E-state index contributed by atoms with van der Waals surface area (Å²) in [4.78, 5) is 37.9. The second-order valence-electron chi connectivity index (χ2n) is 7.02. The molecule has 0 unspecified atom stereocenters. The topological polar surface area (TPSA) is 73.1 Å². The monoisotopic (exact) mass is 387 g/mol. The van der Waals surface area contributed by atoms with Gasteiger partial charge in [0.1, 0.15) is 5.69 Å². The molecule has 0 amide bonds. The van der Waals surface area contributed by atoms with E-state index < -0.39 is 10.9 Å². The van der Waals surface area contributed by atoms with Crippen LogP contribution in [0.5, 0.6) is 0 Å². The maximum Gasteiger partial charge on any atom is 0.279 e. The van der Waals surface area contributed by atoms with Crippen molar-refractivity contribution in [2.75, 3.05) is 5.32 Å². The SMILES string of the molecule is CCc1ccc(Nc2c(-c3c(C)n(C)n(-c4ccccc4)c3=O)c(=O)c2=O)cc1. The third-order valence-electron chi connectivity index (χ3n) is 5.35. The van der Waals surface area contributed by atoms with E-state index in [1.54, 1.807) is 18.7 Å². The summed E-state index contributed by atoms with van der Waals surface area (Å²) >= 11 is 0. The molecule has 0 aliphatic heterocycles. The van der Waals surface area contributed by atoms with Gasteiger partial charge in [-0.15, -0.1) is 0 Å². The van der Waals surface area contributed by atoms with E-state index in [9.17, 15) is 14.4 Å². The number of rotatable bonds is 5. The van der Waals surface area contributed by atoms with Gasteiger partial charge in [-0.3, -0.25) is 19.1 Å². The average Bonchev–Trinajstić information content (AvgIpc) is 2.97. The van der Waals surface area contributed by atoms with Crippen molar-refractivity contribution in [3.63, 3.8) is 0 Å². The molecule has 0 radical (unpaired) electrons. The highest BCUT2D eigenvalue weighted by Gasteiger charge is 2.29. The lowest BCUT2D eigenvalue weighted by Crippen LogP contribution is -2.37. The number of nitrogens with zero attached hydrogens (tertiary/aromatic N) is 2. The predicted molar refractivity (Wildman–Crippen MR) is 115 cm³/mol. The summed E-state index contributed by atoms with van der Waals surface area (Å²) in [6.07, 6.45) is 0.911. The van der Waals surface area contributed by atoms with Crippen LogP contribution in [0.2, 0.25) is 0 Å². The quantitative estimate of drug-likeness (QED) is 0.534. The number of aryl methyl sites for hydroxylation is 1. The van der Waals surface area contributed by atoms with Crippen LogP contribution in [-0.2, 0) is 13.5 Å². The molecule has 1 N–H and O–H groups in total. The average molecular weight is 387 g/mol. The Hall–Kier alpha value is -3.67. The number of benzene rings is 2. The highest BCUT2D eigenvalue weighted by atomic mass is 16.2. The molecule has 0 aliphatic rings. The summed E-state index contributed by atoms with van der Waals surface area (Å²) in [6, 6.07) is 16.8. The lowest BCUT2D eigenvalue weighted by atomic mass is 9.98. The maximum atomic E-state index is 13.2. The van der Waals surface area contributed by atoms with Gasteiger partial charge in [0.25, 0.3) is 11.0 Å². The van der Waals surface area contributed by atoms with Gasteiger partial charge in [-0.1, -0.05) is 37.3 Å². The fourth-order valence-electron chi connectivity index (χ4n) is 3.57. The van der Waals surface area contributed by atoms with Gasteiger partial charge in [0.15, 0.2) is 0 Å². The third kappa shape index (κ3) is 2.93. The van der Waals surface area contributed by atoms with Gasteiger partial charge in [0.2, 0.25) is 5.43 Å². The molecule has 0 bridgehead atoms. The summed E-state index contributed by atoms with van der Waals surface area (Å²) in [6.45, 7) is 3.83. The molecule has 0 saturated carbocycles. The Morgan fingerprint density at radius 1 is 0.862 bits per heavy atom. The van der Waals surface area contributed by atoms with E-state index >= 15 is 0 Å². The highest BCUT2D eigenvalue weighted by Crippen LogP contribution is 2.27. The zero-order valence-electron chi connectivity index (χ0n) is 16.5. The van der Waals surface area contributed by atoms with Crippen LogP contribution < -0.4 is 21.7 Å². The van der Waals surface area contributed by atoms with Crippen molar-refractivity contribution in [1.29, 1.82) is 0 Å². The van der Waals surface area contributed by atoms with Gasteiger partial charge in [-0.2, -0.15) is 0 Å². The number of para-hydroxylation sites is 1. The van der Waals surface area contributed by atoms with Crippen LogP contribution in [0.15, 0.2) is 69.0 Å². The van der Waals surface area contributed by atoms with Crippen molar-refractivity contribution in [2.45, 2.75) is 20.3 Å². The van der Waals surface area contributed by atoms with Crippen molar-refractivity contribution in [3.8, 4) is 16.8 Å². The summed E-state index contributed by atoms with van der Waals surface area (Å²) in [7, 11) is 1.76. The molecule has 29 heavy (non-hydrogen) atoms. The molecule has 0 atom stereocenters. The smallest absolute Gasteiger partial charge is 0.279 e. The number of hydrogen-bond donors (Lipinski definition) is 1. The Balaban J connectivity index is 1.83. The van der Waals surface area contributed by atoms with Crippen molar-refractivity contribution >= 4 is 11.4 Å². The predicted octanol–water partition coefficient (Wildman–Crippen LogP) is 3.05. The van der Waals surface area contributed by atoms with Crippen LogP contribution in [0.1, 0.15) is 18.2 Å². The lowest BCUT2D eigenvalue weighted by molar-refractivity contribution is 0.630.